The fourth-order valence-electron chi connectivity index (χ4n) is 3.63. The highest BCUT2D eigenvalue weighted by Gasteiger charge is 2.42. The van der Waals surface area contributed by atoms with Crippen molar-refractivity contribution in [2.45, 2.75) is 24.9 Å². The molecule has 0 unspecified atom stereocenters. The van der Waals surface area contributed by atoms with Gasteiger partial charge >= 0.3 is 0 Å². The number of piperidine rings is 1. The number of hydrogen-bond donors (Lipinski definition) is 1. The molecule has 0 radical (unpaired) electrons. The predicted molar refractivity (Wildman–Crippen MR) is 110 cm³/mol. The molecule has 1 aliphatic heterocycles. The van der Waals surface area contributed by atoms with E-state index in [0.29, 0.717) is 32.5 Å². The molecule has 0 atom stereocenters. The maximum atomic E-state index is 12.9. The summed E-state index contributed by atoms with van der Waals surface area (Å²) in [6, 6.07) is 5.92. The number of hydrogen-bond acceptors (Lipinski definition) is 7. The zero-order chi connectivity index (χ0) is 19.4. The van der Waals surface area contributed by atoms with E-state index in [0.717, 1.165) is 28.0 Å². The van der Waals surface area contributed by atoms with Gasteiger partial charge in [0.15, 0.2) is 0 Å². The molecule has 1 N–H and O–H groups in total. The van der Waals surface area contributed by atoms with Crippen LogP contribution < -0.4 is 10.2 Å². The summed E-state index contributed by atoms with van der Waals surface area (Å²) in [7, 11) is 1.62. The van der Waals surface area contributed by atoms with Gasteiger partial charge in [0.05, 0.1) is 10.2 Å². The normalized spacial score (nSPS) is 16.2. The fourth-order valence-corrected chi connectivity index (χ4v) is 4.49. The third-order valence-electron chi connectivity index (χ3n) is 5.32. The van der Waals surface area contributed by atoms with Gasteiger partial charge in [-0.05, 0) is 29.5 Å². The molecule has 0 aromatic carbocycles. The largest absolute Gasteiger partial charge is 0.368 e. The summed E-state index contributed by atoms with van der Waals surface area (Å²) in [5.74, 6) is 0.907. The van der Waals surface area contributed by atoms with Crippen LogP contribution in [0.4, 0.5) is 5.82 Å². The van der Waals surface area contributed by atoms with Crippen molar-refractivity contribution in [2.24, 2.45) is 0 Å². The molecule has 146 valence electrons. The van der Waals surface area contributed by atoms with E-state index in [4.69, 9.17) is 4.74 Å². The first-order valence-electron chi connectivity index (χ1n) is 9.37. The highest BCUT2D eigenvalue weighted by Crippen LogP contribution is 2.33. The Kier molecular flexibility index (Phi) is 5.50. The number of pyridine rings is 1. The van der Waals surface area contributed by atoms with Crippen LogP contribution in [0.15, 0.2) is 42.3 Å². The van der Waals surface area contributed by atoms with Crippen molar-refractivity contribution in [2.75, 3.05) is 31.6 Å². The maximum absolute atomic E-state index is 12.9. The number of nitrogens with zero attached hydrogens (tertiary/aromatic N) is 4. The summed E-state index contributed by atoms with van der Waals surface area (Å²) in [6.07, 6.45) is 7.18. The van der Waals surface area contributed by atoms with E-state index < -0.39 is 5.60 Å². The number of fused-ring (bicyclic) bond motifs is 1. The lowest BCUT2D eigenvalue weighted by atomic mass is 9.90. The predicted octanol–water partition coefficient (Wildman–Crippen LogP) is 2.43. The van der Waals surface area contributed by atoms with Crippen LogP contribution in [0.25, 0.3) is 10.2 Å². The number of amides is 1. The molecule has 0 saturated carbocycles. The van der Waals surface area contributed by atoms with E-state index in [9.17, 15) is 4.79 Å². The average molecular weight is 398 g/mol. The van der Waals surface area contributed by atoms with Crippen LogP contribution in [-0.2, 0) is 16.0 Å². The highest BCUT2D eigenvalue weighted by molar-refractivity contribution is 7.17. The summed E-state index contributed by atoms with van der Waals surface area (Å²) in [6.45, 7) is 2.00. The van der Waals surface area contributed by atoms with Crippen LogP contribution in [0.3, 0.4) is 0 Å². The monoisotopic (exact) mass is 397 g/mol. The minimum Gasteiger partial charge on any atom is -0.368 e. The Labute approximate surface area is 167 Å². The number of ether oxygens (including phenoxy) is 1. The van der Waals surface area contributed by atoms with Crippen molar-refractivity contribution in [3.8, 4) is 0 Å². The molecular formula is C20H23N5O2S. The number of nitrogens with one attached hydrogen (secondary N) is 1. The quantitative estimate of drug-likeness (QED) is 0.688. The molecule has 7 nitrogen and oxygen atoms in total. The third-order valence-corrected chi connectivity index (χ3v) is 6.22. The molecular weight excluding hydrogens is 374 g/mol. The Balaban J connectivity index is 1.38. The second-order valence-electron chi connectivity index (χ2n) is 6.88. The van der Waals surface area contributed by atoms with Crippen molar-refractivity contribution < 1.29 is 9.53 Å². The van der Waals surface area contributed by atoms with E-state index in [1.54, 1.807) is 31.0 Å². The molecule has 1 aliphatic rings. The molecule has 0 aliphatic carbocycles. The highest BCUT2D eigenvalue weighted by atomic mass is 32.1. The SMILES string of the molecule is COC1(C(=O)NCCc2cccnc2)CCN(c2ncnc3ccsc23)CC1. The lowest BCUT2D eigenvalue weighted by Crippen LogP contribution is -2.55. The zero-order valence-electron chi connectivity index (χ0n) is 15.8. The molecule has 1 amide bonds. The van der Waals surface area contributed by atoms with Gasteiger partial charge in [-0.15, -0.1) is 11.3 Å². The Hall–Kier alpha value is -2.58. The summed E-state index contributed by atoms with van der Waals surface area (Å²) in [4.78, 5) is 28.0. The molecule has 8 heteroatoms. The lowest BCUT2D eigenvalue weighted by Gasteiger charge is -2.40. The van der Waals surface area contributed by atoms with E-state index in [1.807, 2.05) is 29.8 Å². The molecule has 4 heterocycles. The topological polar surface area (TPSA) is 80.2 Å². The minimum atomic E-state index is -0.785. The zero-order valence-corrected chi connectivity index (χ0v) is 16.6. The van der Waals surface area contributed by atoms with Gasteiger partial charge in [0.2, 0.25) is 0 Å². The number of methoxy groups -OCH3 is 1. The Bertz CT molecular complexity index is 938. The van der Waals surface area contributed by atoms with Crippen molar-refractivity contribution in [1.29, 1.82) is 0 Å². The van der Waals surface area contributed by atoms with E-state index >= 15 is 0 Å². The van der Waals surface area contributed by atoms with Crippen LogP contribution in [-0.4, -0.2) is 53.2 Å². The summed E-state index contributed by atoms with van der Waals surface area (Å²) >= 11 is 1.65. The van der Waals surface area contributed by atoms with E-state index in [2.05, 4.69) is 25.2 Å². The third kappa shape index (κ3) is 3.70. The first kappa shape index (κ1) is 18.8. The van der Waals surface area contributed by atoms with E-state index in [1.165, 1.54) is 0 Å². The van der Waals surface area contributed by atoms with Gasteiger partial charge in [0, 0.05) is 52.0 Å². The molecule has 3 aromatic heterocycles. The number of anilines is 1. The second-order valence-corrected chi connectivity index (χ2v) is 7.80. The number of carbonyl (C=O) groups is 1. The molecule has 1 saturated heterocycles. The van der Waals surface area contributed by atoms with Crippen molar-refractivity contribution in [3.63, 3.8) is 0 Å². The van der Waals surface area contributed by atoms with Gasteiger partial charge in [-0.2, -0.15) is 0 Å². The van der Waals surface area contributed by atoms with Crippen LogP contribution in [0, 0.1) is 0 Å². The van der Waals surface area contributed by atoms with Crippen molar-refractivity contribution in [3.05, 3.63) is 47.9 Å². The molecule has 4 rings (SSSR count). The molecule has 0 bridgehead atoms. The van der Waals surface area contributed by atoms with Crippen LogP contribution >= 0.6 is 11.3 Å². The van der Waals surface area contributed by atoms with Gasteiger partial charge in [0.1, 0.15) is 17.7 Å². The standard InChI is InChI=1S/C20H23N5O2S/c1-27-20(19(26)22-9-4-15-3-2-8-21-13-15)6-10-25(11-7-20)18-17-16(5-12-28-17)23-14-24-18/h2-3,5,8,12-14H,4,6-7,9-11H2,1H3,(H,22,26). The molecule has 1 fully saturated rings. The Morgan fingerprint density at radius 1 is 1.32 bits per heavy atom. The van der Waals surface area contributed by atoms with Crippen LogP contribution in [0.1, 0.15) is 18.4 Å². The molecule has 0 spiro atoms. The maximum Gasteiger partial charge on any atom is 0.252 e. The van der Waals surface area contributed by atoms with Crippen molar-refractivity contribution >= 4 is 33.3 Å². The van der Waals surface area contributed by atoms with Crippen molar-refractivity contribution in [1.82, 2.24) is 20.3 Å². The fraction of sp³-hybridized carbons (Fsp3) is 0.400. The molecule has 28 heavy (non-hydrogen) atoms. The van der Waals surface area contributed by atoms with Crippen LogP contribution in [0.2, 0.25) is 0 Å². The second kappa shape index (κ2) is 8.20. The molecule has 3 aromatic rings. The van der Waals surface area contributed by atoms with Gasteiger partial charge in [0.25, 0.3) is 5.91 Å². The smallest absolute Gasteiger partial charge is 0.252 e. The van der Waals surface area contributed by atoms with Gasteiger partial charge in [-0.1, -0.05) is 6.07 Å². The number of rotatable bonds is 6. The average Bonchev–Trinajstić information content (AvgIpc) is 3.23. The van der Waals surface area contributed by atoms with E-state index in [-0.39, 0.29) is 5.91 Å². The van der Waals surface area contributed by atoms with Gasteiger partial charge < -0.3 is 15.0 Å². The summed E-state index contributed by atoms with van der Waals surface area (Å²) < 4.78 is 6.81. The number of aromatic nitrogens is 3. The Morgan fingerprint density at radius 3 is 2.93 bits per heavy atom. The van der Waals surface area contributed by atoms with Crippen LogP contribution in [0.5, 0.6) is 0 Å². The number of carbonyl (C=O) groups excluding carboxylic acids is 1. The number of thiophene rings is 1. The summed E-state index contributed by atoms with van der Waals surface area (Å²) in [5, 5.41) is 5.07. The first-order chi connectivity index (χ1) is 13.7. The lowest BCUT2D eigenvalue weighted by molar-refractivity contribution is -0.146. The van der Waals surface area contributed by atoms with Gasteiger partial charge in [-0.25, -0.2) is 9.97 Å². The first-order valence-corrected chi connectivity index (χ1v) is 10.3. The summed E-state index contributed by atoms with van der Waals surface area (Å²) in [5.41, 5.74) is 1.28. The van der Waals surface area contributed by atoms with Gasteiger partial charge in [-0.3, -0.25) is 9.78 Å². The minimum absolute atomic E-state index is 0.0394. The Morgan fingerprint density at radius 2 is 2.18 bits per heavy atom.